The topological polar surface area (TPSA) is 102 Å². The van der Waals surface area contributed by atoms with Crippen LogP contribution in [0.4, 0.5) is 0 Å². The summed E-state index contributed by atoms with van der Waals surface area (Å²) in [6, 6.07) is 4.25. The Morgan fingerprint density at radius 1 is 1.10 bits per heavy atom. The van der Waals surface area contributed by atoms with E-state index in [4.69, 9.17) is 9.47 Å². The van der Waals surface area contributed by atoms with E-state index in [0.29, 0.717) is 25.1 Å². The molecule has 8 heteroatoms. The highest BCUT2D eigenvalue weighted by Crippen LogP contribution is 2.31. The molecule has 0 saturated heterocycles. The number of fused-ring (bicyclic) bond motifs is 1. The van der Waals surface area contributed by atoms with Gasteiger partial charge in [-0.1, -0.05) is 19.3 Å². The van der Waals surface area contributed by atoms with Gasteiger partial charge in [-0.2, -0.15) is 0 Å². The smallest absolute Gasteiger partial charge is 0.338 e. The zero-order chi connectivity index (χ0) is 20.8. The molecule has 0 unspecified atom stereocenters. The number of carbonyl (C=O) groups excluding carboxylic acids is 4. The first kappa shape index (κ1) is 21.0. The fourth-order valence-electron chi connectivity index (χ4n) is 3.77. The van der Waals surface area contributed by atoms with Crippen LogP contribution in [-0.2, 0) is 14.3 Å². The summed E-state index contributed by atoms with van der Waals surface area (Å²) >= 11 is 0. The van der Waals surface area contributed by atoms with E-state index in [2.05, 4.69) is 5.32 Å². The molecule has 1 fully saturated rings. The molecule has 1 heterocycles. The van der Waals surface area contributed by atoms with Gasteiger partial charge in [0.2, 0.25) is 0 Å². The SMILES string of the molecule is COCCCNC(=O)COC(=O)c1ccc2c(c1)C(=O)N(C1CCCCC1)C2=O. The van der Waals surface area contributed by atoms with Gasteiger partial charge in [-0.15, -0.1) is 0 Å². The molecule has 1 aromatic rings. The summed E-state index contributed by atoms with van der Waals surface area (Å²) in [5, 5.41) is 2.62. The lowest BCUT2D eigenvalue weighted by atomic mass is 9.94. The molecule has 3 amide bonds. The number of hydrogen-bond donors (Lipinski definition) is 1. The van der Waals surface area contributed by atoms with Crippen molar-refractivity contribution in [3.05, 3.63) is 34.9 Å². The van der Waals surface area contributed by atoms with Crippen LogP contribution in [0.15, 0.2) is 18.2 Å². The number of imide groups is 1. The average molecular weight is 402 g/mol. The summed E-state index contributed by atoms with van der Waals surface area (Å²) in [5.74, 6) is -1.78. The van der Waals surface area contributed by atoms with E-state index in [1.54, 1.807) is 7.11 Å². The Morgan fingerprint density at radius 2 is 1.83 bits per heavy atom. The molecule has 0 atom stereocenters. The first-order chi connectivity index (χ1) is 14.0. The average Bonchev–Trinajstić information content (AvgIpc) is 2.99. The summed E-state index contributed by atoms with van der Waals surface area (Å²) in [7, 11) is 1.58. The molecule has 1 saturated carbocycles. The molecule has 1 aromatic carbocycles. The Labute approximate surface area is 169 Å². The Balaban J connectivity index is 1.60. The second kappa shape index (κ2) is 9.65. The van der Waals surface area contributed by atoms with Gasteiger partial charge in [-0.05, 0) is 37.5 Å². The van der Waals surface area contributed by atoms with Crippen LogP contribution in [0.25, 0.3) is 0 Å². The maximum absolute atomic E-state index is 12.8. The van der Waals surface area contributed by atoms with Crippen LogP contribution in [0.1, 0.15) is 69.6 Å². The van der Waals surface area contributed by atoms with Gasteiger partial charge in [0.15, 0.2) is 6.61 Å². The van der Waals surface area contributed by atoms with E-state index in [-0.39, 0.29) is 29.0 Å². The standard InChI is InChI=1S/C21H26N2O6/c1-28-11-5-10-22-18(24)13-29-21(27)14-8-9-16-17(12-14)20(26)23(19(16)25)15-6-3-2-4-7-15/h8-9,12,15H,2-7,10-11,13H2,1H3,(H,22,24). The lowest BCUT2D eigenvalue weighted by Crippen LogP contribution is -2.40. The Morgan fingerprint density at radius 3 is 2.55 bits per heavy atom. The van der Waals surface area contributed by atoms with Crippen LogP contribution in [-0.4, -0.2) is 61.5 Å². The Hall–Kier alpha value is -2.74. The number of ether oxygens (including phenoxy) is 2. The summed E-state index contributed by atoms with van der Waals surface area (Å²) < 4.78 is 9.91. The minimum absolute atomic E-state index is 0.0756. The maximum Gasteiger partial charge on any atom is 0.338 e. The number of methoxy groups -OCH3 is 1. The minimum Gasteiger partial charge on any atom is -0.452 e. The van der Waals surface area contributed by atoms with Crippen molar-refractivity contribution in [2.24, 2.45) is 0 Å². The van der Waals surface area contributed by atoms with Crippen LogP contribution < -0.4 is 5.32 Å². The Kier molecular flexibility index (Phi) is 6.98. The number of nitrogens with zero attached hydrogens (tertiary/aromatic N) is 1. The van der Waals surface area contributed by atoms with Gasteiger partial charge in [0, 0.05) is 26.3 Å². The van der Waals surface area contributed by atoms with Crippen LogP contribution in [0.2, 0.25) is 0 Å². The van der Waals surface area contributed by atoms with E-state index in [1.165, 1.54) is 23.1 Å². The third-order valence-electron chi connectivity index (χ3n) is 5.28. The van der Waals surface area contributed by atoms with Crippen molar-refractivity contribution in [3.8, 4) is 0 Å². The van der Waals surface area contributed by atoms with E-state index in [9.17, 15) is 19.2 Å². The molecule has 1 aliphatic carbocycles. The molecule has 0 spiro atoms. The van der Waals surface area contributed by atoms with Gasteiger partial charge in [0.25, 0.3) is 17.7 Å². The van der Waals surface area contributed by atoms with Crippen LogP contribution in [0.5, 0.6) is 0 Å². The lowest BCUT2D eigenvalue weighted by molar-refractivity contribution is -0.124. The molecule has 0 radical (unpaired) electrons. The zero-order valence-electron chi connectivity index (χ0n) is 16.6. The van der Waals surface area contributed by atoms with Crippen LogP contribution in [0.3, 0.4) is 0 Å². The number of benzene rings is 1. The van der Waals surface area contributed by atoms with Crippen LogP contribution >= 0.6 is 0 Å². The maximum atomic E-state index is 12.8. The van der Waals surface area contributed by atoms with Crippen molar-refractivity contribution < 1.29 is 28.7 Å². The van der Waals surface area contributed by atoms with Crippen molar-refractivity contribution in [1.82, 2.24) is 10.2 Å². The summed E-state index contributed by atoms with van der Waals surface area (Å²) in [5.41, 5.74) is 0.676. The van der Waals surface area contributed by atoms with E-state index >= 15 is 0 Å². The minimum atomic E-state index is -0.712. The predicted molar refractivity (Wildman–Crippen MR) is 104 cm³/mol. The first-order valence-corrected chi connectivity index (χ1v) is 9.97. The zero-order valence-corrected chi connectivity index (χ0v) is 16.6. The molecular weight excluding hydrogens is 376 g/mol. The van der Waals surface area contributed by atoms with Gasteiger partial charge in [0.1, 0.15) is 0 Å². The quantitative estimate of drug-likeness (QED) is 0.405. The summed E-state index contributed by atoms with van der Waals surface area (Å²) in [6.45, 7) is 0.542. The van der Waals surface area contributed by atoms with Gasteiger partial charge < -0.3 is 14.8 Å². The first-order valence-electron chi connectivity index (χ1n) is 9.97. The molecule has 0 bridgehead atoms. The van der Waals surface area contributed by atoms with Crippen LogP contribution in [0, 0.1) is 0 Å². The number of amides is 3. The molecule has 8 nitrogen and oxygen atoms in total. The van der Waals surface area contributed by atoms with Gasteiger partial charge in [0.05, 0.1) is 16.7 Å². The van der Waals surface area contributed by atoms with Gasteiger partial charge >= 0.3 is 5.97 Å². The van der Waals surface area contributed by atoms with Crippen molar-refractivity contribution >= 4 is 23.7 Å². The summed E-state index contributed by atoms with van der Waals surface area (Å²) in [6.07, 6.45) is 5.43. The number of esters is 1. The fraction of sp³-hybridized carbons (Fsp3) is 0.524. The predicted octanol–water partition coefficient (Wildman–Crippen LogP) is 1.92. The molecule has 29 heavy (non-hydrogen) atoms. The van der Waals surface area contributed by atoms with E-state index in [1.807, 2.05) is 0 Å². The molecular formula is C21H26N2O6. The Bertz CT molecular complexity index is 800. The van der Waals surface area contributed by atoms with Crippen molar-refractivity contribution in [2.45, 2.75) is 44.6 Å². The fourth-order valence-corrected chi connectivity index (χ4v) is 3.77. The number of nitrogens with one attached hydrogen (secondary N) is 1. The third kappa shape index (κ3) is 4.82. The van der Waals surface area contributed by atoms with Crippen molar-refractivity contribution in [3.63, 3.8) is 0 Å². The normalized spacial score (nSPS) is 16.7. The lowest BCUT2D eigenvalue weighted by Gasteiger charge is -2.29. The largest absolute Gasteiger partial charge is 0.452 e. The van der Waals surface area contributed by atoms with Crippen molar-refractivity contribution in [1.29, 1.82) is 0 Å². The molecule has 1 aliphatic heterocycles. The van der Waals surface area contributed by atoms with Crippen molar-refractivity contribution in [2.75, 3.05) is 26.9 Å². The second-order valence-electron chi connectivity index (χ2n) is 7.30. The molecule has 2 aliphatic rings. The molecule has 1 N–H and O–H groups in total. The van der Waals surface area contributed by atoms with Gasteiger partial charge in [-0.25, -0.2) is 4.79 Å². The second-order valence-corrected chi connectivity index (χ2v) is 7.30. The highest BCUT2D eigenvalue weighted by molar-refractivity contribution is 6.22. The molecule has 0 aromatic heterocycles. The highest BCUT2D eigenvalue weighted by atomic mass is 16.5. The monoisotopic (exact) mass is 402 g/mol. The van der Waals surface area contributed by atoms with E-state index < -0.39 is 18.5 Å². The molecule has 156 valence electrons. The summed E-state index contributed by atoms with van der Waals surface area (Å²) in [4.78, 5) is 50.8. The number of rotatable bonds is 8. The number of carbonyl (C=O) groups is 4. The highest BCUT2D eigenvalue weighted by Gasteiger charge is 2.40. The number of hydrogen-bond acceptors (Lipinski definition) is 6. The van der Waals surface area contributed by atoms with E-state index in [0.717, 1.165) is 32.1 Å². The molecule has 3 rings (SSSR count). The van der Waals surface area contributed by atoms with Gasteiger partial charge in [-0.3, -0.25) is 19.3 Å². The third-order valence-corrected chi connectivity index (χ3v) is 5.28.